The maximum Gasteiger partial charge on any atom is 0.311 e. The number of ether oxygens (including phenoxy) is 8. The molecule has 3 aliphatic heterocycles. The quantitative estimate of drug-likeness (QED) is 0.257. The minimum atomic E-state index is -1.83. The van der Waals surface area contributed by atoms with E-state index in [1.807, 2.05) is 41.9 Å². The van der Waals surface area contributed by atoms with Crippen molar-refractivity contribution in [2.24, 2.45) is 29.6 Å². The van der Waals surface area contributed by atoms with E-state index >= 15 is 0 Å². The second kappa shape index (κ2) is 19.1. The van der Waals surface area contributed by atoms with Crippen LogP contribution in [0.25, 0.3) is 0 Å². The Bertz CT molecular complexity index is 1420. The highest BCUT2D eigenvalue weighted by atomic mass is 16.7. The molecule has 4 rings (SSSR count). The number of Topliss-reactive ketones (excluding diaryl/α,β-unsaturated/α-hetero) is 1. The number of esters is 2. The van der Waals surface area contributed by atoms with Gasteiger partial charge in [-0.3, -0.25) is 19.3 Å². The largest absolute Gasteiger partial charge is 0.458 e. The van der Waals surface area contributed by atoms with Gasteiger partial charge in [0.1, 0.15) is 29.2 Å². The van der Waals surface area contributed by atoms with E-state index in [1.165, 1.54) is 21.1 Å². The summed E-state index contributed by atoms with van der Waals surface area (Å²) < 4.78 is 50.3. The van der Waals surface area contributed by atoms with Gasteiger partial charge in [0.2, 0.25) is 0 Å². The number of aliphatic hydroxyl groups excluding tert-OH is 2. The number of carbonyl (C=O) groups excluding carboxylic acids is 3. The minimum absolute atomic E-state index is 0.102. The van der Waals surface area contributed by atoms with Crippen molar-refractivity contribution in [2.45, 2.75) is 173 Å². The van der Waals surface area contributed by atoms with E-state index in [1.54, 1.807) is 41.5 Å². The van der Waals surface area contributed by atoms with Gasteiger partial charge in [-0.05, 0) is 68.6 Å². The third-order valence-corrected chi connectivity index (χ3v) is 13.7. The van der Waals surface area contributed by atoms with Gasteiger partial charge >= 0.3 is 11.9 Å². The van der Waals surface area contributed by atoms with E-state index in [4.69, 9.17) is 37.9 Å². The number of ketones is 1. The van der Waals surface area contributed by atoms with Crippen LogP contribution in [0.2, 0.25) is 0 Å². The molecule has 4 aliphatic rings. The van der Waals surface area contributed by atoms with Crippen LogP contribution in [-0.4, -0.2) is 176 Å². The number of carbonyl (C=O) groups is 3. The van der Waals surface area contributed by atoms with Gasteiger partial charge in [0.05, 0.1) is 42.0 Å². The van der Waals surface area contributed by atoms with E-state index in [0.29, 0.717) is 13.0 Å². The first-order chi connectivity index (χ1) is 26.9. The Morgan fingerprint density at radius 2 is 1.47 bits per heavy atom. The Hall–Kier alpha value is -1.83. The molecular weight excluding hydrogens is 756 g/mol. The Labute approximate surface area is 345 Å². The lowest BCUT2D eigenvalue weighted by Gasteiger charge is -2.50. The van der Waals surface area contributed by atoms with E-state index < -0.39 is 114 Å². The highest BCUT2D eigenvalue weighted by molar-refractivity contribution is 5.84. The standard InChI is InChI=1S/C42H74N2O14/c1-21-19-40(9,51-14)35(58-39-32(47)29(18-22(2)53-39)44(13)17-16-43(11)12)24(4)33(56-30-20-41(10,52-15)37(27(7)54-30)55-28(8)45)25(5)38(49)57-36-26(6)42(36,50)34(48)23(3)31(21)46/h21-27,29-30,32-37,39,47-48,50H,16-20H2,1-15H3/t21-,22-,23+,24+,25-,26?,27+,29+,30+,32-,33+,34-,35-,36-,37+,39+,40+,41-,42+/m1/s1. The fourth-order valence-electron chi connectivity index (χ4n) is 9.66. The average Bonchev–Trinajstić information content (AvgIpc) is 3.69. The number of hydrogen-bond donors (Lipinski definition) is 3. The van der Waals surface area contributed by atoms with Gasteiger partial charge in [-0.15, -0.1) is 0 Å². The van der Waals surface area contributed by atoms with Gasteiger partial charge in [-0.25, -0.2) is 0 Å². The first-order valence-electron chi connectivity index (χ1n) is 20.9. The number of fused-ring (bicyclic) bond motifs is 1. The topological polar surface area (TPSA) is 192 Å². The van der Waals surface area contributed by atoms with E-state index in [9.17, 15) is 29.7 Å². The van der Waals surface area contributed by atoms with Crippen molar-refractivity contribution >= 4 is 17.7 Å². The monoisotopic (exact) mass is 831 g/mol. The van der Waals surface area contributed by atoms with E-state index in [-0.39, 0.29) is 30.8 Å². The van der Waals surface area contributed by atoms with Gasteiger partial charge in [-0.2, -0.15) is 0 Å². The van der Waals surface area contributed by atoms with Crippen LogP contribution >= 0.6 is 0 Å². The zero-order chi connectivity index (χ0) is 43.8. The second-order valence-electron chi connectivity index (χ2n) is 18.5. The summed E-state index contributed by atoms with van der Waals surface area (Å²) in [5.41, 5.74) is -4.15. The maximum atomic E-state index is 14.3. The molecule has 19 atom stereocenters. The van der Waals surface area contributed by atoms with Crippen LogP contribution in [0.15, 0.2) is 0 Å². The van der Waals surface area contributed by atoms with Crippen molar-refractivity contribution in [1.29, 1.82) is 0 Å². The van der Waals surface area contributed by atoms with Crippen molar-refractivity contribution in [3.05, 3.63) is 0 Å². The number of nitrogens with zero attached hydrogens (tertiary/aromatic N) is 2. The lowest BCUT2D eigenvalue weighted by molar-refractivity contribution is -0.320. The molecule has 0 spiro atoms. The van der Waals surface area contributed by atoms with Gasteiger partial charge in [0.15, 0.2) is 18.7 Å². The summed E-state index contributed by atoms with van der Waals surface area (Å²) in [7, 11) is 8.97. The highest BCUT2D eigenvalue weighted by Crippen LogP contribution is 2.51. The fraction of sp³-hybridized carbons (Fsp3) is 0.929. The normalized spacial score (nSPS) is 47.0. The highest BCUT2D eigenvalue weighted by Gasteiger charge is 2.70. The Kier molecular flexibility index (Phi) is 16.0. The molecule has 1 unspecified atom stereocenters. The molecule has 0 aromatic rings. The predicted octanol–water partition coefficient (Wildman–Crippen LogP) is 2.16. The van der Waals surface area contributed by atoms with Gasteiger partial charge in [0, 0.05) is 70.4 Å². The number of hydrogen-bond acceptors (Lipinski definition) is 16. The molecule has 0 amide bonds. The van der Waals surface area contributed by atoms with Crippen molar-refractivity contribution in [1.82, 2.24) is 9.80 Å². The zero-order valence-corrected chi connectivity index (χ0v) is 37.5. The first-order valence-corrected chi connectivity index (χ1v) is 20.9. The third kappa shape index (κ3) is 10.1. The molecule has 336 valence electrons. The van der Waals surface area contributed by atoms with Crippen LogP contribution in [-0.2, 0) is 52.3 Å². The number of rotatable bonds is 11. The summed E-state index contributed by atoms with van der Waals surface area (Å²) >= 11 is 0. The third-order valence-electron chi connectivity index (χ3n) is 13.7. The molecule has 0 radical (unpaired) electrons. The number of likely N-dealkylation sites (N-methyl/N-ethyl adjacent to an activating group) is 2. The average molecular weight is 831 g/mol. The molecule has 4 fully saturated rings. The maximum absolute atomic E-state index is 14.3. The number of methoxy groups -OCH3 is 2. The van der Waals surface area contributed by atoms with Gasteiger partial charge < -0.3 is 58.1 Å². The molecule has 16 heteroatoms. The Morgan fingerprint density at radius 1 is 0.862 bits per heavy atom. The van der Waals surface area contributed by atoms with E-state index in [2.05, 4.69) is 9.80 Å². The summed E-state index contributed by atoms with van der Waals surface area (Å²) in [5, 5.41) is 35.0. The van der Waals surface area contributed by atoms with Gasteiger partial charge in [0.25, 0.3) is 0 Å². The zero-order valence-electron chi connectivity index (χ0n) is 37.5. The lowest BCUT2D eigenvalue weighted by Crippen LogP contribution is -2.61. The number of aliphatic hydroxyl groups is 3. The lowest BCUT2D eigenvalue weighted by atomic mass is 9.75. The second-order valence-corrected chi connectivity index (χ2v) is 18.5. The first kappa shape index (κ1) is 48.8. The predicted molar refractivity (Wildman–Crippen MR) is 211 cm³/mol. The SMILES string of the molecule is CO[C@]1(C)C[C@H](O[C@H]2[C@H](C)[C@@H](O[C@@H]3O[C@H](C)C[C@H](N(C)CCN(C)C)[C@H]3O)[C@@](C)(OC)C[C@@H](C)C(=O)[C@H](C)[C@@H](O)[C@@]3(O)C(C)[C@H]3OC(=O)[C@@H]2C)O[C@@H](C)[C@@H]1OC(C)=O. The molecular formula is C42H74N2O14. The van der Waals surface area contributed by atoms with Gasteiger partial charge in [-0.1, -0.05) is 27.7 Å². The summed E-state index contributed by atoms with van der Waals surface area (Å²) in [6.07, 6.45) is -8.76. The van der Waals surface area contributed by atoms with Crippen molar-refractivity contribution in [3.63, 3.8) is 0 Å². The van der Waals surface area contributed by atoms with E-state index in [0.717, 1.165) is 6.54 Å². The van der Waals surface area contributed by atoms with Crippen molar-refractivity contribution < 1.29 is 67.6 Å². The molecule has 1 saturated carbocycles. The molecule has 3 saturated heterocycles. The molecule has 3 heterocycles. The van der Waals surface area contributed by atoms with Crippen LogP contribution in [0.1, 0.15) is 88.5 Å². The summed E-state index contributed by atoms with van der Waals surface area (Å²) in [4.78, 5) is 44.6. The van der Waals surface area contributed by atoms with Crippen LogP contribution in [0.3, 0.4) is 0 Å². The van der Waals surface area contributed by atoms with Crippen LogP contribution in [0, 0.1) is 29.6 Å². The summed E-state index contributed by atoms with van der Waals surface area (Å²) in [6, 6.07) is -0.312. The molecule has 3 N–H and O–H groups in total. The summed E-state index contributed by atoms with van der Waals surface area (Å²) in [6.45, 7) is 18.5. The Morgan fingerprint density at radius 3 is 2.03 bits per heavy atom. The molecule has 16 nitrogen and oxygen atoms in total. The fourth-order valence-corrected chi connectivity index (χ4v) is 9.66. The Balaban J connectivity index is 1.81. The molecule has 0 bridgehead atoms. The molecule has 1 aliphatic carbocycles. The minimum Gasteiger partial charge on any atom is -0.458 e. The van der Waals surface area contributed by atoms with Crippen molar-refractivity contribution in [3.8, 4) is 0 Å². The molecule has 58 heavy (non-hydrogen) atoms. The van der Waals surface area contributed by atoms with Crippen LogP contribution in [0.5, 0.6) is 0 Å². The smallest absolute Gasteiger partial charge is 0.311 e. The summed E-state index contributed by atoms with van der Waals surface area (Å²) in [5.74, 6) is -5.62. The van der Waals surface area contributed by atoms with Crippen LogP contribution < -0.4 is 0 Å². The van der Waals surface area contributed by atoms with Crippen molar-refractivity contribution in [2.75, 3.05) is 48.5 Å². The molecule has 0 aromatic carbocycles. The van der Waals surface area contributed by atoms with Crippen LogP contribution in [0.4, 0.5) is 0 Å². The molecule has 0 aromatic heterocycles.